The number of carbonyl (C=O) groups is 1. The van der Waals surface area contributed by atoms with Crippen LogP contribution in [0, 0.1) is 0 Å². The number of thiazole rings is 1. The monoisotopic (exact) mass is 255 g/mol. The minimum absolute atomic E-state index is 0.0388. The van der Waals surface area contributed by atoms with Crippen molar-refractivity contribution >= 4 is 44.8 Å². The number of nitrogens with zero attached hydrogens (tertiary/aromatic N) is 1. The van der Waals surface area contributed by atoms with E-state index in [2.05, 4.69) is 20.9 Å². The summed E-state index contributed by atoms with van der Waals surface area (Å²) < 4.78 is 0.261. The van der Waals surface area contributed by atoms with Gasteiger partial charge in [-0.25, -0.2) is 9.78 Å². The van der Waals surface area contributed by atoms with E-state index in [9.17, 15) is 4.79 Å². The van der Waals surface area contributed by atoms with Gasteiger partial charge in [0.15, 0.2) is 10.2 Å². The Balaban J connectivity index is 3.12. The molecular weight excluding hydrogens is 253 g/mol. The van der Waals surface area contributed by atoms with Crippen molar-refractivity contribution in [2.45, 2.75) is 5.33 Å². The van der Waals surface area contributed by atoms with Crippen LogP contribution in [0.3, 0.4) is 0 Å². The molecule has 0 saturated heterocycles. The molecule has 0 unspecified atom stereocenters. The van der Waals surface area contributed by atoms with Gasteiger partial charge in [-0.3, -0.25) is 0 Å². The molecule has 0 amide bonds. The predicted molar refractivity (Wildman–Crippen MR) is 46.7 cm³/mol. The van der Waals surface area contributed by atoms with E-state index < -0.39 is 5.97 Å². The molecule has 0 radical (unpaired) electrons. The quantitative estimate of drug-likeness (QED) is 0.827. The van der Waals surface area contributed by atoms with Gasteiger partial charge in [0.05, 0.1) is 4.88 Å². The van der Waals surface area contributed by atoms with Gasteiger partial charge < -0.3 is 5.11 Å². The average molecular weight is 257 g/mol. The number of carboxylic acid groups (broad SMARTS) is 1. The van der Waals surface area contributed by atoms with Crippen molar-refractivity contribution in [3.8, 4) is 0 Å². The van der Waals surface area contributed by atoms with Gasteiger partial charge in [0.1, 0.15) is 0 Å². The average Bonchev–Trinajstić information content (AvgIpc) is 2.30. The van der Waals surface area contributed by atoms with E-state index in [-0.39, 0.29) is 10.2 Å². The van der Waals surface area contributed by atoms with Crippen molar-refractivity contribution in [1.82, 2.24) is 4.98 Å². The van der Waals surface area contributed by atoms with Crippen LogP contribution in [-0.4, -0.2) is 16.1 Å². The summed E-state index contributed by atoms with van der Waals surface area (Å²) in [6.07, 6.45) is 0. The smallest absolute Gasteiger partial charge is 0.355 e. The van der Waals surface area contributed by atoms with Gasteiger partial charge in [0.25, 0.3) is 0 Å². The Hall–Kier alpha value is -0.130. The lowest BCUT2D eigenvalue weighted by Gasteiger charge is -1.88. The maximum Gasteiger partial charge on any atom is 0.355 e. The molecule has 1 aromatic rings. The summed E-state index contributed by atoms with van der Waals surface area (Å²) in [6, 6.07) is 0. The predicted octanol–water partition coefficient (Wildman–Crippen LogP) is 2.39. The molecule has 0 aromatic carbocycles. The van der Waals surface area contributed by atoms with Gasteiger partial charge >= 0.3 is 5.97 Å². The van der Waals surface area contributed by atoms with Crippen LogP contribution < -0.4 is 0 Å². The van der Waals surface area contributed by atoms with Crippen LogP contribution in [0.25, 0.3) is 0 Å². The number of halogens is 2. The summed E-state index contributed by atoms with van der Waals surface area (Å²) in [7, 11) is 0. The van der Waals surface area contributed by atoms with E-state index in [1.54, 1.807) is 0 Å². The third-order valence-electron chi connectivity index (χ3n) is 0.995. The van der Waals surface area contributed by atoms with Crippen molar-refractivity contribution in [1.29, 1.82) is 0 Å². The van der Waals surface area contributed by atoms with E-state index in [1.807, 2.05) is 0 Å². The lowest BCUT2D eigenvalue weighted by atomic mass is 10.4. The Labute approximate surface area is 80.1 Å². The summed E-state index contributed by atoms with van der Waals surface area (Å²) in [4.78, 5) is 14.7. The molecule has 0 aliphatic heterocycles. The van der Waals surface area contributed by atoms with E-state index in [0.29, 0.717) is 10.2 Å². The molecule has 11 heavy (non-hydrogen) atoms. The zero-order valence-corrected chi connectivity index (χ0v) is 8.33. The molecule has 60 valence electrons. The van der Waals surface area contributed by atoms with Gasteiger partial charge in [-0.15, -0.1) is 11.3 Å². The topological polar surface area (TPSA) is 50.2 Å². The first kappa shape index (κ1) is 8.96. The Morgan fingerprint density at radius 2 is 2.45 bits per heavy atom. The summed E-state index contributed by atoms with van der Waals surface area (Å²) in [5, 5.41) is 9.05. The molecule has 3 nitrogen and oxygen atoms in total. The maximum absolute atomic E-state index is 10.5. The molecule has 1 rings (SSSR count). The molecule has 0 spiro atoms. The standard InChI is InChI=1S/C5H3BrClNO2S/c6-1-2-3(4(9)10)8-5(7)11-2/h1H2,(H,9,10). The summed E-state index contributed by atoms with van der Waals surface area (Å²) in [5.41, 5.74) is 0.0388. The highest BCUT2D eigenvalue weighted by molar-refractivity contribution is 9.08. The van der Waals surface area contributed by atoms with E-state index in [0.717, 1.165) is 0 Å². The number of aromatic carboxylic acids is 1. The van der Waals surface area contributed by atoms with Crippen LogP contribution in [-0.2, 0) is 5.33 Å². The Morgan fingerprint density at radius 1 is 1.82 bits per heavy atom. The maximum atomic E-state index is 10.5. The zero-order chi connectivity index (χ0) is 8.43. The van der Waals surface area contributed by atoms with E-state index >= 15 is 0 Å². The van der Waals surface area contributed by atoms with Crippen molar-refractivity contribution in [2.24, 2.45) is 0 Å². The lowest BCUT2D eigenvalue weighted by molar-refractivity contribution is 0.0690. The molecule has 0 bridgehead atoms. The largest absolute Gasteiger partial charge is 0.476 e. The third-order valence-corrected chi connectivity index (χ3v) is 3.09. The van der Waals surface area contributed by atoms with Crippen LogP contribution in [0.4, 0.5) is 0 Å². The minimum atomic E-state index is -1.04. The van der Waals surface area contributed by atoms with Crippen LogP contribution in [0.15, 0.2) is 0 Å². The highest BCUT2D eigenvalue weighted by atomic mass is 79.9. The first-order valence-electron chi connectivity index (χ1n) is 2.59. The number of aromatic nitrogens is 1. The third kappa shape index (κ3) is 1.91. The van der Waals surface area contributed by atoms with Crippen LogP contribution in [0.2, 0.25) is 4.47 Å². The Bertz CT molecular complexity index is 288. The Morgan fingerprint density at radius 3 is 2.82 bits per heavy atom. The second-order valence-electron chi connectivity index (χ2n) is 1.68. The molecule has 1 N–H and O–H groups in total. The van der Waals surface area contributed by atoms with Crippen molar-refractivity contribution in [3.05, 3.63) is 15.0 Å². The molecule has 0 atom stereocenters. The first-order valence-corrected chi connectivity index (χ1v) is 4.91. The second kappa shape index (κ2) is 3.51. The van der Waals surface area contributed by atoms with Gasteiger partial charge in [-0.2, -0.15) is 0 Å². The Kier molecular flexibility index (Phi) is 2.86. The van der Waals surface area contributed by atoms with Crippen LogP contribution >= 0.6 is 38.9 Å². The SMILES string of the molecule is O=C(O)c1nc(Cl)sc1CBr. The van der Waals surface area contributed by atoms with Crippen molar-refractivity contribution in [2.75, 3.05) is 0 Å². The molecule has 0 aliphatic rings. The van der Waals surface area contributed by atoms with Gasteiger partial charge in [0.2, 0.25) is 0 Å². The van der Waals surface area contributed by atoms with Crippen molar-refractivity contribution < 1.29 is 9.90 Å². The van der Waals surface area contributed by atoms with Gasteiger partial charge in [0, 0.05) is 5.33 Å². The molecule has 0 saturated carbocycles. The first-order chi connectivity index (χ1) is 5.15. The molecule has 1 aromatic heterocycles. The summed E-state index contributed by atoms with van der Waals surface area (Å²) in [5.74, 6) is -1.04. The van der Waals surface area contributed by atoms with Crippen LogP contribution in [0.1, 0.15) is 15.4 Å². The minimum Gasteiger partial charge on any atom is -0.476 e. The fourth-order valence-electron chi connectivity index (χ4n) is 0.581. The summed E-state index contributed by atoms with van der Waals surface area (Å²) in [6.45, 7) is 0. The lowest BCUT2D eigenvalue weighted by Crippen LogP contribution is -1.99. The fourth-order valence-corrected chi connectivity index (χ4v) is 2.18. The number of hydrogen-bond acceptors (Lipinski definition) is 3. The highest BCUT2D eigenvalue weighted by Gasteiger charge is 2.14. The highest BCUT2D eigenvalue weighted by Crippen LogP contribution is 2.24. The van der Waals surface area contributed by atoms with Gasteiger partial charge in [-0.1, -0.05) is 27.5 Å². The van der Waals surface area contributed by atoms with Gasteiger partial charge in [-0.05, 0) is 0 Å². The molecular formula is C5H3BrClNO2S. The number of carboxylic acids is 1. The zero-order valence-electron chi connectivity index (χ0n) is 5.17. The fraction of sp³-hybridized carbons (Fsp3) is 0.200. The molecule has 0 fully saturated rings. The number of rotatable bonds is 2. The normalized spacial score (nSPS) is 10.0. The molecule has 0 aliphatic carbocycles. The van der Waals surface area contributed by atoms with Crippen molar-refractivity contribution in [3.63, 3.8) is 0 Å². The van der Waals surface area contributed by atoms with E-state index in [4.69, 9.17) is 16.7 Å². The number of alkyl halides is 1. The van der Waals surface area contributed by atoms with Crippen LogP contribution in [0.5, 0.6) is 0 Å². The molecule has 1 heterocycles. The summed E-state index contributed by atoms with van der Waals surface area (Å²) >= 11 is 9.82. The second-order valence-corrected chi connectivity index (χ2v) is 3.90. The molecule has 6 heteroatoms. The number of hydrogen-bond donors (Lipinski definition) is 1. The van der Waals surface area contributed by atoms with E-state index in [1.165, 1.54) is 11.3 Å².